The third kappa shape index (κ3) is 2.89. The van der Waals surface area contributed by atoms with Gasteiger partial charge in [-0.05, 0) is 37.0 Å². The van der Waals surface area contributed by atoms with E-state index in [0.29, 0.717) is 0 Å². The van der Waals surface area contributed by atoms with Crippen LogP contribution in [0.5, 0.6) is 0 Å². The number of likely N-dealkylation sites (tertiary alicyclic amines) is 1. The lowest BCUT2D eigenvalue weighted by Gasteiger charge is -2.26. The topological polar surface area (TPSA) is 74.6 Å². The second-order valence-corrected chi connectivity index (χ2v) is 7.22. The zero-order chi connectivity index (χ0) is 18.2. The summed E-state index contributed by atoms with van der Waals surface area (Å²) in [6.45, 7) is 0.763. The highest BCUT2D eigenvalue weighted by atomic mass is 16.2. The number of hydrazine groups is 1. The second kappa shape index (κ2) is 6.75. The van der Waals surface area contributed by atoms with Gasteiger partial charge in [-0.3, -0.25) is 9.20 Å². The van der Waals surface area contributed by atoms with Crippen LogP contribution in [0, 0.1) is 0 Å². The predicted octanol–water partition coefficient (Wildman–Crippen LogP) is 2.00. The minimum absolute atomic E-state index is 0.0209. The molecule has 0 saturated carbocycles. The van der Waals surface area contributed by atoms with E-state index in [9.17, 15) is 4.79 Å². The van der Waals surface area contributed by atoms with Gasteiger partial charge >= 0.3 is 0 Å². The molecule has 5 rings (SSSR count). The van der Waals surface area contributed by atoms with E-state index < -0.39 is 0 Å². The number of nitrogens with zero attached hydrogens (tertiary/aromatic N) is 4. The molecule has 0 bridgehead atoms. The van der Waals surface area contributed by atoms with Crippen LogP contribution in [0.25, 0.3) is 5.65 Å². The molecule has 2 aliphatic heterocycles. The molecule has 138 valence electrons. The molecule has 4 heterocycles. The van der Waals surface area contributed by atoms with Crippen LogP contribution in [0.3, 0.4) is 0 Å². The van der Waals surface area contributed by atoms with E-state index in [1.54, 1.807) is 0 Å². The van der Waals surface area contributed by atoms with Gasteiger partial charge in [-0.1, -0.05) is 36.4 Å². The normalized spacial score (nSPS) is 25.3. The molecule has 27 heavy (non-hydrogen) atoms. The Morgan fingerprint density at radius 1 is 1.04 bits per heavy atom. The van der Waals surface area contributed by atoms with Crippen LogP contribution in [0.4, 0.5) is 0 Å². The molecule has 2 N–H and O–H groups in total. The van der Waals surface area contributed by atoms with Crippen LogP contribution >= 0.6 is 0 Å². The highest BCUT2D eigenvalue weighted by Crippen LogP contribution is 2.33. The summed E-state index contributed by atoms with van der Waals surface area (Å²) in [5, 5.41) is 8.64. The first kappa shape index (κ1) is 16.4. The Morgan fingerprint density at radius 3 is 2.78 bits per heavy atom. The van der Waals surface area contributed by atoms with Crippen molar-refractivity contribution < 1.29 is 4.79 Å². The molecule has 0 spiro atoms. The van der Waals surface area contributed by atoms with Gasteiger partial charge in [0, 0.05) is 18.8 Å². The lowest BCUT2D eigenvalue weighted by Crippen LogP contribution is -2.45. The number of carbonyl (C=O) groups excluding carboxylic acids is 1. The number of hydrogen-bond donors (Lipinski definition) is 2. The van der Waals surface area contributed by atoms with E-state index in [-0.39, 0.29) is 24.0 Å². The molecule has 7 heteroatoms. The highest BCUT2D eigenvalue weighted by molar-refractivity contribution is 5.83. The van der Waals surface area contributed by atoms with Gasteiger partial charge in [0.05, 0.1) is 6.04 Å². The summed E-state index contributed by atoms with van der Waals surface area (Å²) in [7, 11) is 0. The molecular weight excluding hydrogens is 340 g/mol. The van der Waals surface area contributed by atoms with Crippen molar-refractivity contribution in [3.8, 4) is 0 Å². The van der Waals surface area contributed by atoms with Crippen LogP contribution in [0.15, 0.2) is 54.7 Å². The summed E-state index contributed by atoms with van der Waals surface area (Å²) in [6, 6.07) is 16.0. The summed E-state index contributed by atoms with van der Waals surface area (Å²) in [6.07, 6.45) is 4.61. The Kier molecular flexibility index (Phi) is 4.10. The second-order valence-electron chi connectivity index (χ2n) is 7.22. The summed E-state index contributed by atoms with van der Waals surface area (Å²) in [4.78, 5) is 15.2. The van der Waals surface area contributed by atoms with E-state index in [1.807, 2.05) is 51.9 Å². The van der Waals surface area contributed by atoms with E-state index >= 15 is 0 Å². The molecule has 2 fully saturated rings. The van der Waals surface area contributed by atoms with Crippen molar-refractivity contribution >= 4 is 11.6 Å². The number of fused-ring (bicyclic) bond motifs is 1. The summed E-state index contributed by atoms with van der Waals surface area (Å²) < 4.78 is 1.99. The van der Waals surface area contributed by atoms with Crippen molar-refractivity contribution in [3.63, 3.8) is 0 Å². The first-order valence-corrected chi connectivity index (χ1v) is 9.47. The van der Waals surface area contributed by atoms with Crippen LogP contribution in [-0.4, -0.2) is 38.0 Å². The van der Waals surface area contributed by atoms with Crippen LogP contribution < -0.4 is 10.9 Å². The molecule has 2 aromatic heterocycles. The molecule has 3 atom stereocenters. The Hall–Kier alpha value is -2.77. The fourth-order valence-electron chi connectivity index (χ4n) is 4.21. The fourth-order valence-corrected chi connectivity index (χ4v) is 4.21. The zero-order valence-corrected chi connectivity index (χ0v) is 15.0. The summed E-state index contributed by atoms with van der Waals surface area (Å²) in [5.41, 5.74) is 8.49. The summed E-state index contributed by atoms with van der Waals surface area (Å²) in [5.74, 6) is 0.984. The van der Waals surface area contributed by atoms with Gasteiger partial charge in [-0.25, -0.2) is 10.9 Å². The average molecular weight is 362 g/mol. The van der Waals surface area contributed by atoms with Gasteiger partial charge in [0.1, 0.15) is 6.04 Å². The van der Waals surface area contributed by atoms with Crippen molar-refractivity contribution in [1.29, 1.82) is 0 Å². The first-order chi connectivity index (χ1) is 13.3. The highest BCUT2D eigenvalue weighted by Gasteiger charge is 2.39. The molecule has 0 radical (unpaired) electrons. The number of hydrogen-bond acceptors (Lipinski definition) is 5. The molecule has 3 aromatic rings. The third-order valence-electron chi connectivity index (χ3n) is 5.58. The maximum Gasteiger partial charge on any atom is 0.241 e. The number of amides is 1. The first-order valence-electron chi connectivity index (χ1n) is 9.47. The van der Waals surface area contributed by atoms with E-state index in [2.05, 4.69) is 33.2 Å². The van der Waals surface area contributed by atoms with Crippen molar-refractivity contribution in [2.45, 2.75) is 37.4 Å². The number of aromatic nitrogens is 3. The number of nitrogens with one attached hydrogen (secondary N) is 2. The van der Waals surface area contributed by atoms with Crippen molar-refractivity contribution in [2.24, 2.45) is 0 Å². The number of carbonyl (C=O) groups is 1. The fraction of sp³-hybridized carbons (Fsp3) is 0.350. The Labute approximate surface area is 157 Å². The number of pyridine rings is 1. The quantitative estimate of drug-likeness (QED) is 0.745. The Balaban J connectivity index is 1.35. The molecule has 3 unspecified atom stereocenters. The van der Waals surface area contributed by atoms with E-state index in [0.717, 1.165) is 37.3 Å². The van der Waals surface area contributed by atoms with Gasteiger partial charge in [0.15, 0.2) is 11.5 Å². The zero-order valence-electron chi connectivity index (χ0n) is 15.0. The molecule has 0 aliphatic carbocycles. The van der Waals surface area contributed by atoms with Gasteiger partial charge in [-0.15, -0.1) is 10.2 Å². The predicted molar refractivity (Wildman–Crippen MR) is 101 cm³/mol. The minimum Gasteiger partial charge on any atom is -0.331 e. The standard InChI is InChI=1S/C20H22N6O/c27-20(16-13-15(21-22-16)14-7-2-1-3-8-14)25-12-6-9-17(25)19-24-23-18-10-4-5-11-26(18)19/h1-5,7-8,10-11,15-17,21-22H,6,9,12-13H2. The van der Waals surface area contributed by atoms with Crippen LogP contribution in [0.1, 0.15) is 42.7 Å². The number of rotatable bonds is 3. The Bertz CT molecular complexity index is 955. The largest absolute Gasteiger partial charge is 0.331 e. The van der Waals surface area contributed by atoms with Crippen LogP contribution in [-0.2, 0) is 4.79 Å². The monoisotopic (exact) mass is 362 g/mol. The molecular formula is C20H22N6O. The van der Waals surface area contributed by atoms with Gasteiger partial charge < -0.3 is 4.90 Å². The van der Waals surface area contributed by atoms with E-state index in [4.69, 9.17) is 0 Å². The maximum atomic E-state index is 13.2. The summed E-state index contributed by atoms with van der Waals surface area (Å²) >= 11 is 0. The molecule has 2 aliphatic rings. The lowest BCUT2D eigenvalue weighted by atomic mass is 10.0. The van der Waals surface area contributed by atoms with Crippen LogP contribution in [0.2, 0.25) is 0 Å². The average Bonchev–Trinajstić information content (AvgIpc) is 3.46. The Morgan fingerprint density at radius 2 is 1.89 bits per heavy atom. The number of benzene rings is 1. The lowest BCUT2D eigenvalue weighted by molar-refractivity contribution is -0.134. The van der Waals surface area contributed by atoms with Gasteiger partial charge in [0.2, 0.25) is 5.91 Å². The third-order valence-corrected chi connectivity index (χ3v) is 5.58. The van der Waals surface area contributed by atoms with Gasteiger partial charge in [-0.2, -0.15) is 0 Å². The minimum atomic E-state index is -0.227. The van der Waals surface area contributed by atoms with Crippen molar-refractivity contribution in [1.82, 2.24) is 30.3 Å². The van der Waals surface area contributed by atoms with Crippen molar-refractivity contribution in [2.75, 3.05) is 6.54 Å². The SMILES string of the molecule is O=C(C1CC(c2ccccc2)NN1)N1CCCC1c1nnc2ccccn12. The maximum absolute atomic E-state index is 13.2. The molecule has 1 amide bonds. The smallest absolute Gasteiger partial charge is 0.241 e. The van der Waals surface area contributed by atoms with Crippen molar-refractivity contribution in [3.05, 3.63) is 66.1 Å². The van der Waals surface area contributed by atoms with E-state index in [1.165, 1.54) is 5.56 Å². The molecule has 7 nitrogen and oxygen atoms in total. The van der Waals surface area contributed by atoms with Gasteiger partial charge in [0.25, 0.3) is 0 Å². The molecule has 1 aromatic carbocycles. The molecule has 2 saturated heterocycles.